The van der Waals surface area contributed by atoms with Gasteiger partial charge >= 0.3 is 0 Å². The van der Waals surface area contributed by atoms with E-state index in [4.69, 9.17) is 11.0 Å². The van der Waals surface area contributed by atoms with Crippen LogP contribution in [-0.4, -0.2) is 0 Å². The van der Waals surface area contributed by atoms with Crippen molar-refractivity contribution in [3.8, 4) is 22.4 Å². The van der Waals surface area contributed by atoms with Gasteiger partial charge in [-0.15, -0.1) is 0 Å². The van der Waals surface area contributed by atoms with E-state index in [2.05, 4.69) is 72.8 Å². The minimum atomic E-state index is 0.662. The van der Waals surface area contributed by atoms with Crippen molar-refractivity contribution < 1.29 is 8.98 Å². The molecule has 3 heteroatoms. The molecule has 38 heavy (non-hydrogen) atoms. The van der Waals surface area contributed by atoms with E-state index < -0.39 is 0 Å². The summed E-state index contributed by atoms with van der Waals surface area (Å²) in [7, 11) is 2.19. The van der Waals surface area contributed by atoms with Gasteiger partial charge in [-0.3, -0.25) is 0 Å². The molecule has 5 aromatic rings. The summed E-state index contributed by atoms with van der Waals surface area (Å²) >= 11 is 0. The minimum Gasteiger partial charge on any atom is -0.456 e. The molecule has 0 spiro atoms. The number of hydrogen-bond donors (Lipinski definition) is 0. The third-order valence-corrected chi connectivity index (χ3v) is 8.74. The molecule has 0 bridgehead atoms. The lowest BCUT2D eigenvalue weighted by atomic mass is 9.84. The zero-order chi connectivity index (χ0) is 26.4. The Morgan fingerprint density at radius 3 is 2.32 bits per heavy atom. The van der Waals surface area contributed by atoms with Gasteiger partial charge in [-0.2, -0.15) is 4.57 Å². The van der Waals surface area contributed by atoms with E-state index in [-0.39, 0.29) is 0 Å². The van der Waals surface area contributed by atoms with Crippen molar-refractivity contribution in [1.82, 2.24) is 0 Å². The summed E-state index contributed by atoms with van der Waals surface area (Å²) in [5.41, 5.74) is 11.5. The van der Waals surface area contributed by atoms with Crippen molar-refractivity contribution in [1.29, 1.82) is 0 Å². The van der Waals surface area contributed by atoms with Crippen LogP contribution in [0.15, 0.2) is 65.1 Å². The second-order valence-electron chi connectivity index (χ2n) is 11.1. The number of furan rings is 1. The first-order valence-electron chi connectivity index (χ1n) is 13.9. The lowest BCUT2D eigenvalue weighted by Gasteiger charge is -2.21. The average Bonchev–Trinajstić information content (AvgIpc) is 3.30. The molecule has 1 aliphatic rings. The highest BCUT2D eigenvalue weighted by atomic mass is 16.3. The molecule has 0 saturated heterocycles. The second kappa shape index (κ2) is 9.76. The first kappa shape index (κ1) is 24.4. The molecule has 0 unspecified atom stereocenters. The minimum absolute atomic E-state index is 0.662. The summed E-state index contributed by atoms with van der Waals surface area (Å²) in [4.78, 5) is 3.93. The summed E-state index contributed by atoms with van der Waals surface area (Å²) in [6.45, 7) is 14.4. The number of pyridine rings is 1. The Labute approximate surface area is 225 Å². The highest BCUT2D eigenvalue weighted by Crippen LogP contribution is 2.46. The van der Waals surface area contributed by atoms with Gasteiger partial charge in [0.15, 0.2) is 5.69 Å². The molecule has 1 fully saturated rings. The zero-order valence-corrected chi connectivity index (χ0v) is 22.9. The number of rotatable bonds is 4. The van der Waals surface area contributed by atoms with Crippen LogP contribution in [0, 0.1) is 33.3 Å². The number of nitrogens with zero attached hydrogens (tertiary/aromatic N) is 2. The van der Waals surface area contributed by atoms with Crippen molar-refractivity contribution in [3.05, 3.63) is 94.5 Å². The van der Waals surface area contributed by atoms with Crippen LogP contribution < -0.4 is 4.57 Å². The zero-order valence-electron chi connectivity index (χ0n) is 22.9. The standard InChI is InChI=1S/C35H35N2O/c1-22-16-18-28-29-20-23(2)33(36-4)32(26-14-10-7-11-15-26)35(29)38-34(28)31(22)30-19-17-27(24(3)37(30)5)21-25-12-8-6-9-13-25/h7,10-11,14-20,25H,6,8-9,12-13,21H2,1-3,5H3/q+1. The van der Waals surface area contributed by atoms with Gasteiger partial charge in [-0.25, -0.2) is 4.85 Å². The van der Waals surface area contributed by atoms with Gasteiger partial charge in [-0.05, 0) is 48.9 Å². The molecule has 0 aliphatic heterocycles. The fourth-order valence-corrected chi connectivity index (χ4v) is 6.51. The smallest absolute Gasteiger partial charge is 0.216 e. The molecule has 190 valence electrons. The van der Waals surface area contributed by atoms with E-state index in [1.807, 2.05) is 25.1 Å². The number of benzene rings is 3. The van der Waals surface area contributed by atoms with E-state index >= 15 is 0 Å². The van der Waals surface area contributed by atoms with Gasteiger partial charge in [0, 0.05) is 34.9 Å². The SMILES string of the molecule is [C-]#[N+]c1c(C)cc2c(oc3c(-c4ccc(CC5CCCCC5)c(C)[n+]4C)c(C)ccc32)c1-c1ccccc1. The molecule has 3 nitrogen and oxygen atoms in total. The Morgan fingerprint density at radius 1 is 0.842 bits per heavy atom. The molecule has 0 radical (unpaired) electrons. The van der Waals surface area contributed by atoms with Gasteiger partial charge < -0.3 is 4.42 Å². The Kier molecular flexibility index (Phi) is 6.28. The van der Waals surface area contributed by atoms with Crippen LogP contribution in [0.1, 0.15) is 54.5 Å². The molecule has 2 aromatic heterocycles. The molecule has 1 saturated carbocycles. The van der Waals surface area contributed by atoms with Gasteiger partial charge in [0.25, 0.3) is 0 Å². The molecule has 0 atom stereocenters. The molecule has 1 aliphatic carbocycles. The molecular formula is C35H35N2O+. The summed E-state index contributed by atoms with van der Waals surface area (Å²) in [6, 6.07) is 21.3. The fraction of sp³-hybridized carbons (Fsp3) is 0.314. The predicted octanol–water partition coefficient (Wildman–Crippen LogP) is 9.34. The van der Waals surface area contributed by atoms with Crippen LogP contribution in [0.4, 0.5) is 5.69 Å². The number of fused-ring (bicyclic) bond motifs is 3. The molecule has 2 heterocycles. The first-order valence-corrected chi connectivity index (χ1v) is 13.9. The van der Waals surface area contributed by atoms with Crippen LogP contribution in [0.2, 0.25) is 0 Å². The summed E-state index contributed by atoms with van der Waals surface area (Å²) < 4.78 is 9.14. The van der Waals surface area contributed by atoms with Crippen LogP contribution in [0.3, 0.4) is 0 Å². The Hall–Kier alpha value is -3.90. The van der Waals surface area contributed by atoms with Gasteiger partial charge in [0.1, 0.15) is 18.2 Å². The molecular weight excluding hydrogens is 464 g/mol. The maximum absolute atomic E-state index is 7.94. The Balaban J connectivity index is 1.57. The van der Waals surface area contributed by atoms with Crippen molar-refractivity contribution in [3.63, 3.8) is 0 Å². The normalized spacial score (nSPS) is 14.3. The van der Waals surface area contributed by atoms with Crippen molar-refractivity contribution in [2.24, 2.45) is 13.0 Å². The second-order valence-corrected chi connectivity index (χ2v) is 11.1. The topological polar surface area (TPSA) is 21.4 Å². The molecule has 0 N–H and O–H groups in total. The average molecular weight is 500 g/mol. The molecule has 3 aromatic carbocycles. The number of aromatic nitrogens is 1. The van der Waals surface area contributed by atoms with Crippen molar-refractivity contribution in [2.45, 2.75) is 59.3 Å². The third kappa shape index (κ3) is 4.00. The lowest BCUT2D eigenvalue weighted by molar-refractivity contribution is -0.667. The fourth-order valence-electron chi connectivity index (χ4n) is 6.51. The maximum Gasteiger partial charge on any atom is 0.216 e. The highest BCUT2D eigenvalue weighted by molar-refractivity contribution is 6.15. The van der Waals surface area contributed by atoms with E-state index in [0.717, 1.165) is 50.1 Å². The van der Waals surface area contributed by atoms with Crippen LogP contribution in [-0.2, 0) is 13.5 Å². The highest BCUT2D eigenvalue weighted by Gasteiger charge is 2.26. The molecule has 6 rings (SSSR count). The largest absolute Gasteiger partial charge is 0.456 e. The van der Waals surface area contributed by atoms with Crippen LogP contribution in [0.25, 0.3) is 49.2 Å². The van der Waals surface area contributed by atoms with E-state index in [1.165, 1.54) is 61.0 Å². The third-order valence-electron chi connectivity index (χ3n) is 8.74. The lowest BCUT2D eigenvalue weighted by Crippen LogP contribution is -2.36. The van der Waals surface area contributed by atoms with Gasteiger partial charge in [0.2, 0.25) is 11.4 Å². The van der Waals surface area contributed by atoms with Gasteiger partial charge in [-0.1, -0.05) is 80.6 Å². The Bertz CT molecular complexity index is 1710. The Morgan fingerprint density at radius 2 is 1.58 bits per heavy atom. The van der Waals surface area contributed by atoms with E-state index in [9.17, 15) is 0 Å². The summed E-state index contributed by atoms with van der Waals surface area (Å²) in [6.07, 6.45) is 8.04. The number of aryl methyl sites for hydroxylation is 2. The van der Waals surface area contributed by atoms with E-state index in [1.54, 1.807) is 0 Å². The quantitative estimate of drug-likeness (QED) is 0.178. The predicted molar refractivity (Wildman–Crippen MR) is 157 cm³/mol. The van der Waals surface area contributed by atoms with Crippen molar-refractivity contribution >= 4 is 27.6 Å². The van der Waals surface area contributed by atoms with Crippen molar-refractivity contribution in [2.75, 3.05) is 0 Å². The first-order chi connectivity index (χ1) is 18.5. The monoisotopic (exact) mass is 499 g/mol. The number of hydrogen-bond acceptors (Lipinski definition) is 1. The van der Waals surface area contributed by atoms with Crippen LogP contribution >= 0.6 is 0 Å². The van der Waals surface area contributed by atoms with Gasteiger partial charge in [0.05, 0.1) is 12.1 Å². The maximum atomic E-state index is 7.94. The van der Waals surface area contributed by atoms with Crippen LogP contribution in [0.5, 0.6) is 0 Å². The summed E-state index contributed by atoms with van der Waals surface area (Å²) in [5, 5.41) is 2.17. The summed E-state index contributed by atoms with van der Waals surface area (Å²) in [5.74, 6) is 0.810. The molecule has 0 amide bonds. The van der Waals surface area contributed by atoms with E-state index in [0.29, 0.717) is 5.69 Å².